The molecule has 0 atom stereocenters. The molecule has 1 N–H and O–H groups in total. The Morgan fingerprint density at radius 3 is 2.91 bits per heavy atom. The number of aryl methyl sites for hydroxylation is 1. The van der Waals surface area contributed by atoms with Gasteiger partial charge in [-0.25, -0.2) is 9.97 Å². The Labute approximate surface area is 131 Å². The molecule has 0 saturated heterocycles. The first-order valence-corrected chi connectivity index (χ1v) is 7.80. The smallest absolute Gasteiger partial charge is 0.387 e. The maximum atomic E-state index is 12.4. The first kappa shape index (κ1) is 14.8. The van der Waals surface area contributed by atoms with Gasteiger partial charge in [0.1, 0.15) is 10.4 Å². The molecule has 9 heteroatoms. The van der Waals surface area contributed by atoms with Gasteiger partial charge in [0.2, 0.25) is 0 Å². The van der Waals surface area contributed by atoms with Crippen LogP contribution in [-0.2, 0) is 0 Å². The number of ether oxygens (including phenoxy) is 1. The number of halogens is 2. The zero-order chi connectivity index (χ0) is 15.7. The molecule has 3 aromatic rings. The number of benzene rings is 1. The SMILES string of the molecule is Cc1ncsc1C(=O)Nc1nc2c(OC(F)F)cccc2s1. The van der Waals surface area contributed by atoms with E-state index in [9.17, 15) is 13.6 Å². The Bertz CT molecular complexity index is 832. The summed E-state index contributed by atoms with van der Waals surface area (Å²) in [7, 11) is 0. The maximum Gasteiger partial charge on any atom is 0.387 e. The van der Waals surface area contributed by atoms with E-state index in [-0.39, 0.29) is 11.7 Å². The van der Waals surface area contributed by atoms with Crippen LogP contribution in [0, 0.1) is 6.92 Å². The molecule has 0 aliphatic carbocycles. The number of anilines is 1. The van der Waals surface area contributed by atoms with E-state index in [0.29, 0.717) is 25.9 Å². The third-order valence-electron chi connectivity index (χ3n) is 2.77. The van der Waals surface area contributed by atoms with Gasteiger partial charge in [-0.3, -0.25) is 10.1 Å². The van der Waals surface area contributed by atoms with Crippen LogP contribution >= 0.6 is 22.7 Å². The highest BCUT2D eigenvalue weighted by Crippen LogP contribution is 2.33. The highest BCUT2D eigenvalue weighted by molar-refractivity contribution is 7.22. The van der Waals surface area contributed by atoms with Crippen molar-refractivity contribution in [1.82, 2.24) is 9.97 Å². The van der Waals surface area contributed by atoms with Gasteiger partial charge in [0, 0.05) is 0 Å². The lowest BCUT2D eigenvalue weighted by atomic mass is 10.3. The first-order valence-electron chi connectivity index (χ1n) is 6.10. The van der Waals surface area contributed by atoms with Crippen LogP contribution in [0.25, 0.3) is 10.2 Å². The first-order chi connectivity index (χ1) is 10.5. The number of nitrogens with zero attached hydrogens (tertiary/aromatic N) is 2. The van der Waals surface area contributed by atoms with Gasteiger partial charge >= 0.3 is 6.61 Å². The van der Waals surface area contributed by atoms with Crippen LogP contribution in [0.2, 0.25) is 0 Å². The average molecular weight is 341 g/mol. The molecule has 114 valence electrons. The van der Waals surface area contributed by atoms with Gasteiger partial charge < -0.3 is 4.74 Å². The molecule has 0 radical (unpaired) electrons. The quantitative estimate of drug-likeness (QED) is 0.781. The van der Waals surface area contributed by atoms with Crippen molar-refractivity contribution in [1.29, 1.82) is 0 Å². The Kier molecular flexibility index (Phi) is 3.99. The zero-order valence-corrected chi connectivity index (χ0v) is 12.8. The van der Waals surface area contributed by atoms with Gasteiger partial charge in [0.05, 0.1) is 15.9 Å². The summed E-state index contributed by atoms with van der Waals surface area (Å²) in [4.78, 5) is 20.8. The molecule has 0 aliphatic heterocycles. The number of hydrogen-bond donors (Lipinski definition) is 1. The summed E-state index contributed by atoms with van der Waals surface area (Å²) in [5.41, 5.74) is 2.51. The van der Waals surface area contributed by atoms with E-state index >= 15 is 0 Å². The van der Waals surface area contributed by atoms with Gasteiger partial charge in [0.25, 0.3) is 5.91 Å². The Morgan fingerprint density at radius 2 is 2.23 bits per heavy atom. The van der Waals surface area contributed by atoms with Crippen molar-refractivity contribution in [2.45, 2.75) is 13.5 Å². The van der Waals surface area contributed by atoms with Crippen LogP contribution in [0.15, 0.2) is 23.7 Å². The van der Waals surface area contributed by atoms with Crippen molar-refractivity contribution in [2.24, 2.45) is 0 Å². The van der Waals surface area contributed by atoms with Crippen molar-refractivity contribution in [3.05, 3.63) is 34.3 Å². The lowest BCUT2D eigenvalue weighted by Gasteiger charge is -2.03. The largest absolute Gasteiger partial charge is 0.432 e. The van der Waals surface area contributed by atoms with Crippen LogP contribution < -0.4 is 10.1 Å². The number of thiazole rings is 2. The van der Waals surface area contributed by atoms with Gasteiger partial charge in [0.15, 0.2) is 10.9 Å². The molecule has 3 rings (SSSR count). The van der Waals surface area contributed by atoms with Crippen molar-refractivity contribution < 1.29 is 18.3 Å². The lowest BCUT2D eigenvalue weighted by molar-refractivity contribution is -0.0489. The molecule has 1 amide bonds. The van der Waals surface area contributed by atoms with Crippen LogP contribution in [-0.4, -0.2) is 22.5 Å². The average Bonchev–Trinajstić information content (AvgIpc) is 3.04. The van der Waals surface area contributed by atoms with Crippen LogP contribution in [0.5, 0.6) is 5.75 Å². The van der Waals surface area contributed by atoms with Crippen molar-refractivity contribution in [3.63, 3.8) is 0 Å². The number of hydrogen-bond acceptors (Lipinski definition) is 6. The number of rotatable bonds is 4. The second-order valence-corrected chi connectivity index (χ2v) is 6.11. The van der Waals surface area contributed by atoms with E-state index in [1.165, 1.54) is 28.7 Å². The molecule has 2 heterocycles. The number of amides is 1. The monoisotopic (exact) mass is 341 g/mol. The summed E-state index contributed by atoms with van der Waals surface area (Å²) in [6, 6.07) is 4.73. The van der Waals surface area contributed by atoms with Gasteiger partial charge in [-0.1, -0.05) is 17.4 Å². The summed E-state index contributed by atoms with van der Waals surface area (Å²) in [6.07, 6.45) is 0. The van der Waals surface area contributed by atoms with Crippen LogP contribution in [0.1, 0.15) is 15.4 Å². The van der Waals surface area contributed by atoms with Gasteiger partial charge in [-0.15, -0.1) is 11.3 Å². The number of carbonyl (C=O) groups is 1. The molecule has 0 aliphatic rings. The van der Waals surface area contributed by atoms with E-state index in [2.05, 4.69) is 20.0 Å². The minimum absolute atomic E-state index is 0.0155. The van der Waals surface area contributed by atoms with Crippen molar-refractivity contribution >= 4 is 43.9 Å². The summed E-state index contributed by atoms with van der Waals surface area (Å²) < 4.78 is 29.8. The Balaban J connectivity index is 1.89. The molecule has 0 spiro atoms. The standard InChI is InChI=1S/C13H9F2N3O2S2/c1-6-10(21-5-16-6)11(19)18-13-17-9-7(20-12(14)15)3-2-4-8(9)22-13/h2-5,12H,1H3,(H,17,18,19). The van der Waals surface area contributed by atoms with E-state index < -0.39 is 6.61 Å². The number of alkyl halides is 2. The Hall–Kier alpha value is -2.13. The molecule has 1 aromatic carbocycles. The summed E-state index contributed by atoms with van der Waals surface area (Å²) in [6.45, 7) is -1.19. The number of para-hydroxylation sites is 1. The minimum Gasteiger partial charge on any atom is -0.432 e. The second kappa shape index (κ2) is 5.93. The molecular formula is C13H9F2N3O2S2. The highest BCUT2D eigenvalue weighted by Gasteiger charge is 2.16. The summed E-state index contributed by atoms with van der Waals surface area (Å²) in [5, 5.41) is 2.97. The maximum absolute atomic E-state index is 12.4. The fourth-order valence-corrected chi connectivity index (χ4v) is 3.42. The van der Waals surface area contributed by atoms with Crippen LogP contribution in [0.4, 0.5) is 13.9 Å². The molecular weight excluding hydrogens is 332 g/mol. The van der Waals surface area contributed by atoms with E-state index in [1.54, 1.807) is 24.6 Å². The number of fused-ring (bicyclic) bond motifs is 1. The zero-order valence-electron chi connectivity index (χ0n) is 11.2. The third kappa shape index (κ3) is 2.90. The summed E-state index contributed by atoms with van der Waals surface area (Å²) >= 11 is 2.41. The van der Waals surface area contributed by atoms with E-state index in [1.807, 2.05) is 0 Å². The summed E-state index contributed by atoms with van der Waals surface area (Å²) in [5.74, 6) is -0.339. The lowest BCUT2D eigenvalue weighted by Crippen LogP contribution is -2.11. The Morgan fingerprint density at radius 1 is 1.41 bits per heavy atom. The molecule has 0 saturated carbocycles. The van der Waals surface area contributed by atoms with Crippen LogP contribution in [0.3, 0.4) is 0 Å². The predicted octanol–water partition coefficient (Wildman–Crippen LogP) is 3.91. The molecule has 5 nitrogen and oxygen atoms in total. The highest BCUT2D eigenvalue weighted by atomic mass is 32.1. The van der Waals surface area contributed by atoms with E-state index in [0.717, 1.165) is 0 Å². The second-order valence-electron chi connectivity index (χ2n) is 4.22. The molecule has 22 heavy (non-hydrogen) atoms. The number of nitrogens with one attached hydrogen (secondary N) is 1. The minimum atomic E-state index is -2.93. The normalized spacial score (nSPS) is 11.1. The van der Waals surface area contributed by atoms with E-state index in [4.69, 9.17) is 0 Å². The van der Waals surface area contributed by atoms with Crippen molar-refractivity contribution in [2.75, 3.05) is 5.32 Å². The van der Waals surface area contributed by atoms with Crippen molar-refractivity contribution in [3.8, 4) is 5.75 Å². The molecule has 2 aromatic heterocycles. The number of carbonyl (C=O) groups excluding carboxylic acids is 1. The molecule has 0 bridgehead atoms. The van der Waals surface area contributed by atoms with Gasteiger partial charge in [-0.05, 0) is 19.1 Å². The molecule has 0 unspecified atom stereocenters. The number of aromatic nitrogens is 2. The third-order valence-corrected chi connectivity index (χ3v) is 4.63. The van der Waals surface area contributed by atoms with Gasteiger partial charge in [-0.2, -0.15) is 8.78 Å². The fraction of sp³-hybridized carbons (Fsp3) is 0.154. The predicted molar refractivity (Wildman–Crippen MR) is 81.1 cm³/mol. The fourth-order valence-electron chi connectivity index (χ4n) is 1.84. The molecule has 0 fully saturated rings. The topological polar surface area (TPSA) is 64.1 Å².